The fourth-order valence-electron chi connectivity index (χ4n) is 0.866. The summed E-state index contributed by atoms with van der Waals surface area (Å²) in [6, 6.07) is 0. The van der Waals surface area contributed by atoms with E-state index in [1.807, 2.05) is 0 Å². The van der Waals surface area contributed by atoms with Gasteiger partial charge >= 0.3 is 28.7 Å². The van der Waals surface area contributed by atoms with Crippen molar-refractivity contribution < 1.29 is 19.4 Å². The van der Waals surface area contributed by atoms with E-state index >= 15 is 0 Å². The number of nitrogens with one attached hydrogen (secondary N) is 1. The van der Waals surface area contributed by atoms with Crippen LogP contribution in [0.5, 0.6) is 0 Å². The molecule has 0 amide bonds. The Hall–Kier alpha value is 1.18. The van der Waals surface area contributed by atoms with E-state index in [4.69, 9.17) is 0 Å². The second-order valence-corrected chi connectivity index (χ2v) is 6.15. The first kappa shape index (κ1) is 13.7. The Morgan fingerprint density at radius 1 is 1.20 bits per heavy atom. The van der Waals surface area contributed by atoms with Crippen LogP contribution in [0.3, 0.4) is 0 Å². The fourth-order valence-corrected chi connectivity index (χ4v) is 2.60. The van der Waals surface area contributed by atoms with Gasteiger partial charge in [-0.15, -0.1) is 0 Å². The third-order valence-corrected chi connectivity index (χ3v) is 2.17. The zero-order valence-electron chi connectivity index (χ0n) is 7.46. The Kier molecular flexibility index (Phi) is 9.44. The second-order valence-electron chi connectivity index (χ2n) is 3.55. The van der Waals surface area contributed by atoms with Crippen molar-refractivity contribution in [3.63, 3.8) is 0 Å². The van der Waals surface area contributed by atoms with Gasteiger partial charge in [0.15, 0.2) is 0 Å². The predicted octanol–water partition coefficient (Wildman–Crippen LogP) is 2.04. The van der Waals surface area contributed by atoms with Crippen LogP contribution in [0.2, 0.25) is 13.1 Å². The van der Waals surface area contributed by atoms with Gasteiger partial charge < -0.3 is 4.98 Å². The topological polar surface area (TPSA) is 12.0 Å². The minimum atomic E-state index is -0.546. The van der Waals surface area contributed by atoms with Crippen LogP contribution in [0.4, 0.5) is 0 Å². The molecule has 0 aliphatic rings. The molecule has 0 fully saturated rings. The number of halogens is 1. The summed E-state index contributed by atoms with van der Waals surface area (Å²) >= 11 is 1.47. The van der Waals surface area contributed by atoms with Crippen molar-refractivity contribution in [2.45, 2.75) is 39.4 Å². The molecule has 0 rings (SSSR count). The molecule has 10 heavy (non-hydrogen) atoms. The van der Waals surface area contributed by atoms with Crippen molar-refractivity contribution >= 4 is 18.3 Å². The molecule has 4 heteroatoms. The summed E-state index contributed by atoms with van der Waals surface area (Å²) in [6.45, 7) is 11.2. The van der Waals surface area contributed by atoms with Crippen molar-refractivity contribution in [2.24, 2.45) is 0 Å². The Bertz CT molecular complexity index is 72.6. The van der Waals surface area contributed by atoms with Crippen molar-refractivity contribution in [1.29, 1.82) is 0 Å². The molecular weight excluding hydrogens is 197 g/mol. The second kappa shape index (κ2) is 6.86. The molecule has 0 aliphatic heterocycles. The summed E-state index contributed by atoms with van der Waals surface area (Å²) in [6.07, 6.45) is 0. The molecule has 0 unspecified atom stereocenters. The van der Waals surface area contributed by atoms with Gasteiger partial charge in [0, 0.05) is 5.54 Å². The van der Waals surface area contributed by atoms with Gasteiger partial charge in [0.1, 0.15) is 8.96 Å². The molecular formula is C6H17ClNSiTi. The molecule has 0 bridgehead atoms. The summed E-state index contributed by atoms with van der Waals surface area (Å²) < 4.78 is 0. The van der Waals surface area contributed by atoms with E-state index in [1.165, 1.54) is 19.4 Å². The van der Waals surface area contributed by atoms with Crippen LogP contribution >= 0.6 is 9.30 Å². The van der Waals surface area contributed by atoms with Gasteiger partial charge in [-0.25, -0.2) is 0 Å². The first-order chi connectivity index (χ1) is 4.42. The van der Waals surface area contributed by atoms with Gasteiger partial charge in [0.25, 0.3) is 0 Å². The van der Waals surface area contributed by atoms with Crippen molar-refractivity contribution in [1.82, 2.24) is 4.98 Å². The molecule has 0 aliphatic carbocycles. The van der Waals surface area contributed by atoms with Crippen molar-refractivity contribution in [3.05, 3.63) is 0 Å². The summed E-state index contributed by atoms with van der Waals surface area (Å²) in [5.41, 5.74) is 0.334. The Labute approximate surface area is 81.9 Å². The number of hydrogen-bond acceptors (Lipinski definition) is 1. The van der Waals surface area contributed by atoms with Crippen LogP contribution in [0.15, 0.2) is 0 Å². The predicted molar refractivity (Wildman–Crippen MR) is 47.6 cm³/mol. The molecule has 0 saturated heterocycles. The van der Waals surface area contributed by atoms with Crippen LogP contribution in [-0.2, 0) is 19.4 Å². The van der Waals surface area contributed by atoms with Gasteiger partial charge in [0.2, 0.25) is 0 Å². The quantitative estimate of drug-likeness (QED) is 0.659. The summed E-state index contributed by atoms with van der Waals surface area (Å²) in [5.74, 6) is 0. The standard InChI is InChI=1S/C6H17NSi.ClH.Ti/c1-6(2,3)7-8(4)5;;/h7-8H,1-5H3;1H;/q;;+1/p-1. The zero-order chi connectivity index (χ0) is 8.78. The maximum absolute atomic E-state index is 4.64. The molecule has 0 heterocycles. The van der Waals surface area contributed by atoms with Crippen molar-refractivity contribution in [3.8, 4) is 0 Å². The molecule has 0 saturated carbocycles. The molecule has 0 aromatic heterocycles. The third kappa shape index (κ3) is 16.1. The van der Waals surface area contributed by atoms with E-state index < -0.39 is 8.96 Å². The molecule has 61 valence electrons. The number of rotatable bonds is 1. The first-order valence-electron chi connectivity index (χ1n) is 3.38. The van der Waals surface area contributed by atoms with Gasteiger partial charge in [-0.2, -0.15) is 0 Å². The average Bonchev–Trinajstić information content (AvgIpc) is 1.64. The summed E-state index contributed by atoms with van der Waals surface area (Å²) in [4.78, 5) is 3.52. The average molecular weight is 215 g/mol. The van der Waals surface area contributed by atoms with Gasteiger partial charge in [-0.05, 0) is 20.8 Å². The van der Waals surface area contributed by atoms with E-state index in [0.717, 1.165) is 0 Å². The van der Waals surface area contributed by atoms with E-state index in [1.54, 1.807) is 0 Å². The Morgan fingerprint density at radius 2 is 1.50 bits per heavy atom. The number of hydrogen-bond donors (Lipinski definition) is 1. The van der Waals surface area contributed by atoms with Crippen molar-refractivity contribution in [2.75, 3.05) is 0 Å². The monoisotopic (exact) mass is 214 g/mol. The van der Waals surface area contributed by atoms with Crippen LogP contribution in [0.1, 0.15) is 20.8 Å². The van der Waals surface area contributed by atoms with Gasteiger partial charge in [-0.1, -0.05) is 13.1 Å². The van der Waals surface area contributed by atoms with Crippen LogP contribution in [0, 0.1) is 0 Å². The molecule has 1 N–H and O–H groups in total. The van der Waals surface area contributed by atoms with Crippen LogP contribution in [-0.4, -0.2) is 14.5 Å². The molecule has 0 spiro atoms. The SMILES string of the molecule is C[SiH](C)NC(C)(C)C.[Cl][Ti]. The Balaban J connectivity index is 0. The first-order valence-corrected chi connectivity index (χ1v) is 8.42. The summed E-state index contributed by atoms with van der Waals surface area (Å²) in [7, 11) is 4.09. The van der Waals surface area contributed by atoms with Gasteiger partial charge in [0.05, 0.1) is 0 Å². The summed E-state index contributed by atoms with van der Waals surface area (Å²) in [5, 5.41) is 0. The van der Waals surface area contributed by atoms with Gasteiger partial charge in [-0.3, -0.25) is 0 Å². The normalized spacial score (nSPS) is 10.6. The van der Waals surface area contributed by atoms with Crippen LogP contribution < -0.4 is 4.98 Å². The molecule has 0 radical (unpaired) electrons. The third-order valence-electron chi connectivity index (χ3n) is 0.722. The van der Waals surface area contributed by atoms with E-state index in [0.29, 0.717) is 5.54 Å². The minimum absolute atomic E-state index is 0.334. The van der Waals surface area contributed by atoms with E-state index in [-0.39, 0.29) is 0 Å². The molecule has 0 atom stereocenters. The van der Waals surface area contributed by atoms with E-state index in [9.17, 15) is 0 Å². The molecule has 0 aromatic carbocycles. The van der Waals surface area contributed by atoms with Crippen LogP contribution in [0.25, 0.3) is 0 Å². The van der Waals surface area contributed by atoms with E-state index in [2.05, 4.69) is 48.2 Å². The fraction of sp³-hybridized carbons (Fsp3) is 1.00. The Morgan fingerprint density at radius 3 is 1.50 bits per heavy atom. The molecule has 0 aromatic rings. The maximum atomic E-state index is 4.64. The molecule has 1 nitrogen and oxygen atoms in total. The zero-order valence-corrected chi connectivity index (χ0v) is 10.9.